The molecule has 0 aromatic heterocycles. The van der Waals surface area contributed by atoms with Gasteiger partial charge < -0.3 is 33.5 Å². The van der Waals surface area contributed by atoms with E-state index in [2.05, 4.69) is 60.4 Å². The van der Waals surface area contributed by atoms with Crippen molar-refractivity contribution in [2.75, 3.05) is 62.1 Å². The molecule has 4 aromatic carbocycles. The maximum Gasteiger partial charge on any atom is 0.306 e. The second-order valence-corrected chi connectivity index (χ2v) is 16.7. The Labute approximate surface area is 366 Å². The molecule has 0 aliphatic heterocycles. The van der Waals surface area contributed by atoms with Crippen LogP contribution in [0.3, 0.4) is 0 Å². The Hall–Kier alpha value is -4.86. The number of esters is 2. The first-order chi connectivity index (χ1) is 29.5. The number of hydrogen-bond donors (Lipinski definition) is 0. The van der Waals surface area contributed by atoms with Gasteiger partial charge in [0, 0.05) is 25.9 Å². The fourth-order valence-corrected chi connectivity index (χ4v) is 7.52. The number of rotatable bonds is 29. The molecular formula is C52H72N2O7. The molecule has 4 rings (SSSR count). The van der Waals surface area contributed by atoms with E-state index >= 15 is 0 Å². The molecule has 61 heavy (non-hydrogen) atoms. The van der Waals surface area contributed by atoms with Crippen LogP contribution in [0.1, 0.15) is 91.7 Å². The maximum atomic E-state index is 13.1. The molecule has 9 nitrogen and oxygen atoms in total. The third kappa shape index (κ3) is 18.7. The third-order valence-electron chi connectivity index (χ3n) is 10.9. The zero-order valence-electron chi connectivity index (χ0n) is 38.1. The normalized spacial score (nSPS) is 12.3. The molecule has 0 saturated carbocycles. The number of methoxy groups -OCH3 is 2. The molecule has 332 valence electrons. The molecule has 4 aromatic rings. The summed E-state index contributed by atoms with van der Waals surface area (Å²) in [4.78, 5) is 29.8. The number of carbonyl (C=O) groups excluding carboxylic acids is 2. The summed E-state index contributed by atoms with van der Waals surface area (Å²) < 4.78 is 28.9. The van der Waals surface area contributed by atoms with E-state index in [1.165, 1.54) is 27.8 Å². The van der Waals surface area contributed by atoms with Gasteiger partial charge in [-0.25, -0.2) is 0 Å². The van der Waals surface area contributed by atoms with Gasteiger partial charge in [0.2, 0.25) is 0 Å². The van der Waals surface area contributed by atoms with Crippen LogP contribution in [0.15, 0.2) is 91.0 Å². The number of para-hydroxylation sites is 1. The van der Waals surface area contributed by atoms with Gasteiger partial charge in [-0.3, -0.25) is 9.59 Å². The minimum Gasteiger partial charge on any atom is -0.497 e. The Morgan fingerprint density at radius 2 is 1.10 bits per heavy atom. The third-order valence-corrected chi connectivity index (χ3v) is 10.9. The van der Waals surface area contributed by atoms with Gasteiger partial charge in [-0.05, 0) is 156 Å². The van der Waals surface area contributed by atoms with Crippen molar-refractivity contribution in [1.29, 1.82) is 0 Å². The van der Waals surface area contributed by atoms with E-state index in [0.717, 1.165) is 99.9 Å². The monoisotopic (exact) mass is 837 g/mol. The summed E-state index contributed by atoms with van der Waals surface area (Å²) in [5, 5.41) is 0. The van der Waals surface area contributed by atoms with Gasteiger partial charge in [0.1, 0.15) is 36.1 Å². The van der Waals surface area contributed by atoms with Crippen LogP contribution in [0.25, 0.3) is 0 Å². The van der Waals surface area contributed by atoms with Crippen molar-refractivity contribution in [1.82, 2.24) is 9.80 Å². The quantitative estimate of drug-likeness (QED) is 0.0392. The van der Waals surface area contributed by atoms with E-state index in [1.54, 1.807) is 14.2 Å². The number of ether oxygens (including phenoxy) is 5. The molecule has 0 N–H and O–H groups in total. The lowest BCUT2D eigenvalue weighted by atomic mass is 9.93. The summed E-state index contributed by atoms with van der Waals surface area (Å²) in [5.41, 5.74) is 7.57. The van der Waals surface area contributed by atoms with Gasteiger partial charge in [0.05, 0.1) is 14.2 Å². The van der Waals surface area contributed by atoms with Crippen molar-refractivity contribution in [2.24, 2.45) is 0 Å². The van der Waals surface area contributed by atoms with Crippen LogP contribution in [0.5, 0.6) is 17.2 Å². The minimum atomic E-state index is -0.379. The number of unbranched alkanes of at least 4 members (excludes halogenated alkanes) is 3. The Balaban J connectivity index is 1.29. The molecular weight excluding hydrogens is 765 g/mol. The molecule has 0 bridgehead atoms. The molecule has 0 amide bonds. The van der Waals surface area contributed by atoms with Crippen LogP contribution < -0.4 is 14.2 Å². The van der Waals surface area contributed by atoms with Gasteiger partial charge in [0.15, 0.2) is 0 Å². The number of nitrogens with zero attached hydrogens (tertiary/aromatic N) is 2. The molecule has 0 aliphatic carbocycles. The number of aryl methyl sites for hydroxylation is 6. The van der Waals surface area contributed by atoms with Crippen molar-refractivity contribution in [3.8, 4) is 17.2 Å². The lowest BCUT2D eigenvalue weighted by Gasteiger charge is -2.22. The lowest BCUT2D eigenvalue weighted by molar-refractivity contribution is -0.152. The Bertz CT molecular complexity index is 1860. The van der Waals surface area contributed by atoms with Gasteiger partial charge in [-0.2, -0.15) is 0 Å². The molecule has 0 spiro atoms. The van der Waals surface area contributed by atoms with Crippen molar-refractivity contribution < 1.29 is 33.3 Å². The molecule has 0 heterocycles. The fraction of sp³-hybridized carbons (Fsp3) is 0.500. The summed E-state index contributed by atoms with van der Waals surface area (Å²) in [5.74, 6) is 2.24. The first kappa shape index (κ1) is 48.8. The average molecular weight is 837 g/mol. The van der Waals surface area contributed by atoms with Gasteiger partial charge >= 0.3 is 11.9 Å². The molecule has 0 aliphatic rings. The van der Waals surface area contributed by atoms with Crippen LogP contribution in [0.4, 0.5) is 0 Å². The Kier molecular flexibility index (Phi) is 21.7. The highest BCUT2D eigenvalue weighted by Crippen LogP contribution is 2.24. The smallest absolute Gasteiger partial charge is 0.306 e. The SMILES string of the molecule is CCCCC(=O)O[C@H](CCc1cc(CCCCCC(=O)OC(COc2ccccc2CCc2ccc(OC)cc2)CN(C)C)ccc1CCc1ccc(OC)cc1)CN(C)C. The fourth-order valence-electron chi connectivity index (χ4n) is 7.52. The molecule has 9 heteroatoms. The molecule has 0 radical (unpaired) electrons. The first-order valence-electron chi connectivity index (χ1n) is 22.3. The van der Waals surface area contributed by atoms with Crippen molar-refractivity contribution in [3.05, 3.63) is 124 Å². The van der Waals surface area contributed by atoms with Crippen LogP contribution in [-0.2, 0) is 57.6 Å². The highest BCUT2D eigenvalue weighted by Gasteiger charge is 2.19. The summed E-state index contributed by atoms with van der Waals surface area (Å²) in [6.45, 7) is 3.66. The van der Waals surface area contributed by atoms with Crippen LogP contribution >= 0.6 is 0 Å². The van der Waals surface area contributed by atoms with E-state index in [1.807, 2.05) is 75.6 Å². The average Bonchev–Trinajstić information content (AvgIpc) is 3.25. The standard InChI is InChI=1S/C52H72N2O7/c1-8-9-18-51(55)60-48(37-53(2)3)35-30-45-36-42(22-28-43(45)27-20-40-23-31-46(57-6)32-24-40)15-11-10-12-19-52(56)61-49(38-54(4)5)39-59-50-17-14-13-16-44(50)29-21-41-25-33-47(58-7)34-26-41/h13-14,16-17,22-26,28,31-34,36,48-49H,8-12,15,18-21,27,29-30,35,37-39H2,1-7H3/t48-,49?/m1/s1. The van der Waals surface area contributed by atoms with Gasteiger partial charge in [-0.1, -0.05) is 80.4 Å². The summed E-state index contributed by atoms with van der Waals surface area (Å²) in [7, 11) is 11.4. The highest BCUT2D eigenvalue weighted by molar-refractivity contribution is 5.69. The molecule has 0 fully saturated rings. The van der Waals surface area contributed by atoms with Crippen LogP contribution in [-0.4, -0.2) is 96.1 Å². The summed E-state index contributed by atoms with van der Waals surface area (Å²) in [6.07, 6.45) is 10.9. The van der Waals surface area contributed by atoms with E-state index in [0.29, 0.717) is 32.5 Å². The number of hydrogen-bond acceptors (Lipinski definition) is 9. The zero-order chi connectivity index (χ0) is 43.8. The molecule has 2 atom stereocenters. The summed E-state index contributed by atoms with van der Waals surface area (Å²) in [6, 6.07) is 31.5. The maximum absolute atomic E-state index is 13.1. The van der Waals surface area contributed by atoms with Crippen molar-refractivity contribution in [2.45, 2.75) is 109 Å². The second kappa shape index (κ2) is 27.2. The van der Waals surface area contributed by atoms with Crippen molar-refractivity contribution in [3.63, 3.8) is 0 Å². The van der Waals surface area contributed by atoms with E-state index in [9.17, 15) is 9.59 Å². The van der Waals surface area contributed by atoms with E-state index < -0.39 is 0 Å². The Morgan fingerprint density at radius 3 is 1.70 bits per heavy atom. The van der Waals surface area contributed by atoms with Crippen LogP contribution in [0.2, 0.25) is 0 Å². The number of likely N-dealkylation sites (N-methyl/N-ethyl adjacent to an activating group) is 2. The number of carbonyl (C=O) groups is 2. The lowest BCUT2D eigenvalue weighted by Crippen LogP contribution is -2.35. The second-order valence-electron chi connectivity index (χ2n) is 16.7. The van der Waals surface area contributed by atoms with Crippen molar-refractivity contribution >= 4 is 11.9 Å². The molecule has 1 unspecified atom stereocenters. The largest absolute Gasteiger partial charge is 0.497 e. The predicted molar refractivity (Wildman–Crippen MR) is 246 cm³/mol. The van der Waals surface area contributed by atoms with E-state index in [-0.39, 0.29) is 24.1 Å². The Morgan fingerprint density at radius 1 is 0.541 bits per heavy atom. The first-order valence-corrected chi connectivity index (χ1v) is 22.3. The van der Waals surface area contributed by atoms with Gasteiger partial charge in [0.25, 0.3) is 0 Å². The topological polar surface area (TPSA) is 86.8 Å². The van der Waals surface area contributed by atoms with E-state index in [4.69, 9.17) is 23.7 Å². The van der Waals surface area contributed by atoms with Gasteiger partial charge in [-0.15, -0.1) is 0 Å². The zero-order valence-corrected chi connectivity index (χ0v) is 38.1. The highest BCUT2D eigenvalue weighted by atomic mass is 16.6. The number of benzene rings is 4. The summed E-state index contributed by atoms with van der Waals surface area (Å²) >= 11 is 0. The minimum absolute atomic E-state index is 0.106. The van der Waals surface area contributed by atoms with Crippen LogP contribution in [0, 0.1) is 0 Å². The molecule has 0 saturated heterocycles. The predicted octanol–water partition coefficient (Wildman–Crippen LogP) is 9.53.